The van der Waals surface area contributed by atoms with Crippen LogP contribution in [0.2, 0.25) is 10.3 Å². The maximum Gasteiger partial charge on any atom is 0.415 e. The summed E-state index contributed by atoms with van der Waals surface area (Å²) in [4.78, 5) is 84.4. The van der Waals surface area contributed by atoms with E-state index in [1.54, 1.807) is 64.5 Å². The number of amides is 2. The van der Waals surface area contributed by atoms with Crippen molar-refractivity contribution in [3.63, 3.8) is 0 Å². The van der Waals surface area contributed by atoms with Gasteiger partial charge in [0.15, 0.2) is 10.3 Å². The second-order valence-electron chi connectivity index (χ2n) is 13.9. The molecule has 20 nitrogen and oxygen atoms in total. The quantitative estimate of drug-likeness (QED) is 0.00945. The Labute approximate surface area is 517 Å². The van der Waals surface area contributed by atoms with Gasteiger partial charge in [-0.25, -0.2) is 19.6 Å². The molecule has 0 spiro atoms. The molecular formula is C45H47B7BrCl2N8O12S2V2. The number of nitro groups is 2. The molecular weight excluding hydrogens is 1240 g/mol. The van der Waals surface area contributed by atoms with Crippen molar-refractivity contribution in [1.29, 1.82) is 0 Å². The van der Waals surface area contributed by atoms with E-state index in [0.29, 0.717) is 24.2 Å². The number of hydrogen-bond donors (Lipinski definition) is 1. The smallest absolute Gasteiger partial charge is 0.415 e. The van der Waals surface area contributed by atoms with Gasteiger partial charge in [-0.3, -0.25) is 40.0 Å². The van der Waals surface area contributed by atoms with Gasteiger partial charge in [0, 0.05) is 93.2 Å². The molecule has 0 saturated heterocycles. The number of halogens is 3. The van der Waals surface area contributed by atoms with Crippen molar-refractivity contribution in [2.45, 2.75) is 69.6 Å². The van der Waals surface area contributed by atoms with Crippen LogP contribution in [0.1, 0.15) is 56.9 Å². The molecule has 11 radical (unpaired) electrons. The van der Waals surface area contributed by atoms with Crippen molar-refractivity contribution in [3.8, 4) is 36.0 Å². The Bertz CT molecular complexity index is 2790. The fourth-order valence-electron chi connectivity index (χ4n) is 5.13. The molecule has 0 bridgehead atoms. The minimum atomic E-state index is -0.845. The second kappa shape index (κ2) is 45.6. The number of rotatable bonds is 19. The second-order valence-corrected chi connectivity index (χ2v) is 16.7. The maximum absolute atomic E-state index is 12.7. The number of aromatic nitrogens is 4. The first-order valence-corrected chi connectivity index (χ1v) is 26.6. The summed E-state index contributed by atoms with van der Waals surface area (Å²) in [6.45, 7) is 9.26. The van der Waals surface area contributed by atoms with Crippen molar-refractivity contribution >= 4 is 161 Å². The van der Waals surface area contributed by atoms with Crippen LogP contribution in [0, 0.1) is 56.3 Å². The molecule has 34 heteroatoms. The molecule has 403 valence electrons. The Kier molecular flexibility index (Phi) is 45.2. The Morgan fingerprint density at radius 2 is 1.23 bits per heavy atom. The summed E-state index contributed by atoms with van der Waals surface area (Å²) in [7, 11) is 21.6. The number of hydrogen-bond acceptors (Lipinski definition) is 18. The number of alkyl halides is 1. The summed E-state index contributed by atoms with van der Waals surface area (Å²) in [5, 5.41) is 25.1. The fourth-order valence-corrected chi connectivity index (χ4v) is 6.78. The monoisotopic (exact) mass is 1280 g/mol. The van der Waals surface area contributed by atoms with Gasteiger partial charge in [-0.05, 0) is 93.1 Å². The van der Waals surface area contributed by atoms with Gasteiger partial charge in [0.25, 0.3) is 0 Å². The SMILES string of the molecule is C#CC#CC#CC.CCOC(=O)Cc1cccc(CBr)c1.CCOC(=O)Cc1cccc(CN(C(=O)OCC)c2nc(SC)nc(Cl)c2[N+](=O)[O-])c1.CCOC(=O)Nc1nc(SC)nc(Cl)c1[N+](=O)[O-].[B][B]B([B])B([B])[B].[V].[V]. The first-order valence-electron chi connectivity index (χ1n) is 22.3. The van der Waals surface area contributed by atoms with Crippen molar-refractivity contribution in [2.24, 2.45) is 0 Å². The van der Waals surface area contributed by atoms with Gasteiger partial charge in [0.1, 0.15) is 0 Å². The number of ether oxygens (including phenoxy) is 4. The molecule has 0 aliphatic heterocycles. The first kappa shape index (κ1) is 78.2. The van der Waals surface area contributed by atoms with Gasteiger partial charge >= 0.3 is 35.5 Å². The number of carbonyl (C=O) groups excluding carboxylic acids is 4. The van der Waals surface area contributed by atoms with Crippen LogP contribution in [0.5, 0.6) is 0 Å². The number of nitrogens with one attached hydrogen (secondary N) is 1. The van der Waals surface area contributed by atoms with Crippen molar-refractivity contribution in [1.82, 2.24) is 19.9 Å². The number of anilines is 2. The molecule has 2 heterocycles. The van der Waals surface area contributed by atoms with E-state index in [1.165, 1.54) is 12.6 Å². The van der Waals surface area contributed by atoms with Gasteiger partial charge in [-0.1, -0.05) is 117 Å². The summed E-state index contributed by atoms with van der Waals surface area (Å²) in [5.74, 6) is 10.9. The van der Waals surface area contributed by atoms with Crippen LogP contribution in [0.25, 0.3) is 0 Å². The minimum Gasteiger partial charge on any atom is -0.466 e. The van der Waals surface area contributed by atoms with Crippen LogP contribution >= 0.6 is 62.7 Å². The van der Waals surface area contributed by atoms with E-state index in [4.69, 9.17) is 74.8 Å². The summed E-state index contributed by atoms with van der Waals surface area (Å²) >= 11 is 17.3. The van der Waals surface area contributed by atoms with Gasteiger partial charge in [-0.15, -0.1) is 6.42 Å². The standard InChI is InChI=1S/C19H21ClN4O6S.C11H13BrO2.C8H9ClN4O4S.C7H4.B7.2V/c1-4-29-14(25)10-12-7-6-8-13(9-12)11-23(19(26)30-5-2)17-15(24(27)28)16(20)21-18(22-17)31-3;1-2-14-11(13)7-9-4-3-5-10(6-9)8-12;1-3-17-8(14)12-6-4(13(15)16)5(9)10-7(11-6)18-2;1-3-5-7-6-4-2;1-5-7(4)6(2)3;;/h6-9H,4-5,10-11H2,1-3H3;3-6H,2,7-8H2,1H3;3H2,1-2H3,(H,10,11,12,14);1H,2H3;;;. The zero-order valence-corrected chi connectivity index (χ0v) is 51.3. The van der Waals surface area contributed by atoms with Crippen LogP contribution in [-0.4, -0.2) is 144 Å². The van der Waals surface area contributed by atoms with Crippen molar-refractivity contribution in [2.75, 3.05) is 49.2 Å². The van der Waals surface area contributed by atoms with Crippen LogP contribution in [-0.2, 0) is 90.4 Å². The van der Waals surface area contributed by atoms with E-state index >= 15 is 0 Å². The molecule has 0 saturated carbocycles. The topological polar surface area (TPSA) is 258 Å². The van der Waals surface area contributed by atoms with Crippen molar-refractivity contribution in [3.05, 3.63) is 101 Å². The predicted octanol–water partition coefficient (Wildman–Crippen LogP) is 7.02. The normalized spacial score (nSPS) is 9.08. The van der Waals surface area contributed by atoms with E-state index in [9.17, 15) is 39.4 Å². The molecule has 2 aromatic heterocycles. The zero-order valence-electron chi connectivity index (χ0n) is 43.8. The van der Waals surface area contributed by atoms with Gasteiger partial charge in [-0.2, -0.15) is 9.97 Å². The van der Waals surface area contributed by atoms with Gasteiger partial charge < -0.3 is 18.9 Å². The number of terminal acetylenes is 1. The summed E-state index contributed by atoms with van der Waals surface area (Å²) in [6.07, 6.45) is 5.93. The molecule has 0 fully saturated rings. The van der Waals surface area contributed by atoms with Crippen LogP contribution in [0.4, 0.5) is 32.6 Å². The number of benzene rings is 2. The number of thioether (sulfide) groups is 2. The fraction of sp³-hybridized carbons (Fsp3) is 0.333. The number of carbonyl (C=O) groups is 4. The van der Waals surface area contributed by atoms with Crippen LogP contribution in [0.3, 0.4) is 0 Å². The van der Waals surface area contributed by atoms with E-state index in [2.05, 4.69) is 75.5 Å². The molecule has 4 rings (SSSR count). The average molecular weight is 1280 g/mol. The van der Waals surface area contributed by atoms with E-state index in [-0.39, 0.29) is 120 Å². The minimum absolute atomic E-state index is 0. The average Bonchev–Trinajstić information content (AvgIpc) is 3.38. The zero-order chi connectivity index (χ0) is 58.5. The van der Waals surface area contributed by atoms with Crippen LogP contribution in [0.15, 0.2) is 58.8 Å². The molecule has 0 aliphatic carbocycles. The Hall–Kier alpha value is -5.06. The van der Waals surface area contributed by atoms with E-state index < -0.39 is 39.8 Å². The number of nitrogens with zero attached hydrogens (tertiary/aromatic N) is 7. The Morgan fingerprint density at radius 1 is 0.759 bits per heavy atom. The van der Waals surface area contributed by atoms with Crippen LogP contribution < -0.4 is 10.2 Å². The third-order valence-corrected chi connectivity index (χ3v) is 10.6. The third kappa shape index (κ3) is 32.1. The predicted molar refractivity (Wildman–Crippen MR) is 311 cm³/mol. The van der Waals surface area contributed by atoms with Crippen molar-refractivity contribution < 1.29 is 85.1 Å². The summed E-state index contributed by atoms with van der Waals surface area (Å²) in [6, 6.07) is 14.8. The molecule has 0 unspecified atom stereocenters. The maximum atomic E-state index is 12.7. The Morgan fingerprint density at radius 3 is 1.65 bits per heavy atom. The Balaban J connectivity index is -0.00000102. The largest absolute Gasteiger partial charge is 0.466 e. The molecule has 2 aromatic carbocycles. The molecule has 4 aromatic rings. The van der Waals surface area contributed by atoms with E-state index in [1.807, 2.05) is 31.2 Å². The molecule has 0 atom stereocenters. The molecule has 0 aliphatic rings. The molecule has 1 N–H and O–H groups in total. The number of esters is 2. The third-order valence-electron chi connectivity index (χ3n) is 8.37. The van der Waals surface area contributed by atoms with Gasteiger partial charge in [0.05, 0.1) is 55.7 Å². The molecule has 2 amide bonds. The summed E-state index contributed by atoms with van der Waals surface area (Å²) < 4.78 is 19.5. The summed E-state index contributed by atoms with van der Waals surface area (Å²) in [5.41, 5.74) is 2.27. The van der Waals surface area contributed by atoms with Gasteiger partial charge in [0.2, 0.25) is 21.9 Å². The molecule has 79 heavy (non-hydrogen) atoms. The first-order chi connectivity index (χ1) is 36.6. The van der Waals surface area contributed by atoms with E-state index in [0.717, 1.165) is 39.3 Å².